The van der Waals surface area contributed by atoms with Gasteiger partial charge in [0.2, 0.25) is 0 Å². The topological polar surface area (TPSA) is 25.2 Å². The lowest BCUT2D eigenvalue weighted by Crippen LogP contribution is -2.10. The van der Waals surface area contributed by atoms with Crippen LogP contribution in [0, 0.1) is 0 Å². The lowest BCUT2D eigenvalue weighted by molar-refractivity contribution is 0.460. The molecule has 0 atom stereocenters. The second-order valence-corrected chi connectivity index (χ2v) is 5.38. The molecule has 0 aliphatic carbocycles. The maximum atomic E-state index is 5.66. The predicted octanol–water partition coefficient (Wildman–Crippen LogP) is 3.49. The summed E-state index contributed by atoms with van der Waals surface area (Å²) >= 11 is 3.55. The summed E-state index contributed by atoms with van der Waals surface area (Å²) in [5.74, 6) is 3.02. The molecule has 0 bridgehead atoms. The van der Waals surface area contributed by atoms with Gasteiger partial charge in [-0.2, -0.15) is 11.8 Å². The van der Waals surface area contributed by atoms with Crippen LogP contribution >= 0.6 is 23.1 Å². The highest BCUT2D eigenvalue weighted by Crippen LogP contribution is 2.13. The van der Waals surface area contributed by atoms with E-state index in [1.165, 1.54) is 4.88 Å². The van der Waals surface area contributed by atoms with Gasteiger partial charge >= 0.3 is 0 Å². The van der Waals surface area contributed by atoms with E-state index < -0.39 is 0 Å². The Kier molecular flexibility index (Phi) is 4.51. The average molecular weight is 253 g/mol. The number of thiophene rings is 1. The van der Waals surface area contributed by atoms with Crippen LogP contribution in [-0.4, -0.2) is 6.26 Å². The van der Waals surface area contributed by atoms with E-state index in [2.05, 4.69) is 35.2 Å². The standard InChI is InChI=1S/C12H15NOS2/c1-15-9-11-5-4-10(14-11)7-13-8-12-3-2-6-16-12/h2-6,13H,7-9H2,1H3. The first-order valence-corrected chi connectivity index (χ1v) is 7.45. The van der Waals surface area contributed by atoms with Crippen molar-refractivity contribution >= 4 is 23.1 Å². The van der Waals surface area contributed by atoms with Crippen LogP contribution in [0.15, 0.2) is 34.1 Å². The molecule has 1 N–H and O–H groups in total. The molecule has 86 valence electrons. The Hall–Kier alpha value is -0.710. The van der Waals surface area contributed by atoms with E-state index in [-0.39, 0.29) is 0 Å². The van der Waals surface area contributed by atoms with E-state index in [9.17, 15) is 0 Å². The minimum Gasteiger partial charge on any atom is -0.464 e. The number of furan rings is 1. The number of hydrogen-bond donors (Lipinski definition) is 1. The zero-order valence-corrected chi connectivity index (χ0v) is 10.9. The molecule has 4 heteroatoms. The van der Waals surface area contributed by atoms with Crippen LogP contribution in [0.3, 0.4) is 0 Å². The molecule has 0 aromatic carbocycles. The van der Waals surface area contributed by atoms with Crippen LogP contribution < -0.4 is 5.32 Å². The van der Waals surface area contributed by atoms with Gasteiger partial charge in [0, 0.05) is 11.4 Å². The summed E-state index contributed by atoms with van der Waals surface area (Å²) in [7, 11) is 0. The summed E-state index contributed by atoms with van der Waals surface area (Å²) in [5.41, 5.74) is 0. The van der Waals surface area contributed by atoms with Crippen molar-refractivity contribution in [2.45, 2.75) is 18.8 Å². The summed E-state index contributed by atoms with van der Waals surface area (Å²) in [4.78, 5) is 1.36. The van der Waals surface area contributed by atoms with Crippen molar-refractivity contribution in [2.24, 2.45) is 0 Å². The van der Waals surface area contributed by atoms with Gasteiger partial charge in [-0.1, -0.05) is 6.07 Å². The maximum absolute atomic E-state index is 5.66. The normalized spacial score (nSPS) is 10.8. The average Bonchev–Trinajstić information content (AvgIpc) is 2.90. The molecule has 0 unspecified atom stereocenters. The molecule has 2 rings (SSSR count). The first-order valence-electron chi connectivity index (χ1n) is 5.18. The number of thioether (sulfide) groups is 1. The lowest BCUT2D eigenvalue weighted by Gasteiger charge is -2.00. The lowest BCUT2D eigenvalue weighted by atomic mass is 10.4. The van der Waals surface area contributed by atoms with Crippen LogP contribution in [-0.2, 0) is 18.8 Å². The van der Waals surface area contributed by atoms with E-state index in [0.717, 1.165) is 30.4 Å². The SMILES string of the molecule is CSCc1ccc(CNCc2cccs2)o1. The fourth-order valence-electron chi connectivity index (χ4n) is 1.46. The molecule has 0 amide bonds. The van der Waals surface area contributed by atoms with E-state index in [1.54, 1.807) is 23.1 Å². The molecular formula is C12H15NOS2. The van der Waals surface area contributed by atoms with Crippen molar-refractivity contribution in [1.82, 2.24) is 5.32 Å². The van der Waals surface area contributed by atoms with Crippen molar-refractivity contribution in [2.75, 3.05) is 6.26 Å². The molecule has 2 aromatic rings. The van der Waals surface area contributed by atoms with Crippen molar-refractivity contribution in [1.29, 1.82) is 0 Å². The highest BCUT2D eigenvalue weighted by Gasteiger charge is 2.01. The smallest absolute Gasteiger partial charge is 0.118 e. The Morgan fingerprint density at radius 1 is 1.25 bits per heavy atom. The van der Waals surface area contributed by atoms with Gasteiger partial charge in [0.25, 0.3) is 0 Å². The van der Waals surface area contributed by atoms with Gasteiger partial charge < -0.3 is 9.73 Å². The third-order valence-corrected chi connectivity index (χ3v) is 3.63. The van der Waals surface area contributed by atoms with Gasteiger partial charge in [-0.25, -0.2) is 0 Å². The first-order chi connectivity index (χ1) is 7.88. The molecule has 0 radical (unpaired) electrons. The Morgan fingerprint density at radius 2 is 2.12 bits per heavy atom. The van der Waals surface area contributed by atoms with E-state index in [4.69, 9.17) is 4.42 Å². The Morgan fingerprint density at radius 3 is 2.88 bits per heavy atom. The Bertz CT molecular complexity index is 408. The molecule has 0 saturated heterocycles. The van der Waals surface area contributed by atoms with Crippen LogP contribution in [0.2, 0.25) is 0 Å². The zero-order chi connectivity index (χ0) is 11.2. The van der Waals surface area contributed by atoms with Crippen LogP contribution in [0.4, 0.5) is 0 Å². The molecule has 0 aliphatic heterocycles. The van der Waals surface area contributed by atoms with E-state index in [0.29, 0.717) is 0 Å². The second kappa shape index (κ2) is 6.13. The largest absolute Gasteiger partial charge is 0.464 e. The van der Waals surface area contributed by atoms with Crippen molar-refractivity contribution in [3.05, 3.63) is 46.0 Å². The highest BCUT2D eigenvalue weighted by molar-refractivity contribution is 7.97. The molecule has 0 aliphatic rings. The molecule has 2 heterocycles. The third kappa shape index (κ3) is 3.40. The molecule has 0 fully saturated rings. The molecule has 2 aromatic heterocycles. The molecule has 2 nitrogen and oxygen atoms in total. The van der Waals surface area contributed by atoms with Gasteiger partial charge in [-0.05, 0) is 29.8 Å². The fraction of sp³-hybridized carbons (Fsp3) is 0.333. The minimum absolute atomic E-state index is 0.798. The fourth-order valence-corrected chi connectivity index (χ4v) is 2.57. The maximum Gasteiger partial charge on any atom is 0.118 e. The third-order valence-electron chi connectivity index (χ3n) is 2.18. The van der Waals surface area contributed by atoms with Gasteiger partial charge in [0.1, 0.15) is 11.5 Å². The molecule has 16 heavy (non-hydrogen) atoms. The highest BCUT2D eigenvalue weighted by atomic mass is 32.2. The number of hydrogen-bond acceptors (Lipinski definition) is 4. The summed E-state index contributed by atoms with van der Waals surface area (Å²) in [6.45, 7) is 1.71. The molecular weight excluding hydrogens is 238 g/mol. The summed E-state index contributed by atoms with van der Waals surface area (Å²) in [6.07, 6.45) is 2.08. The minimum atomic E-state index is 0.798. The Labute approximate surface area is 104 Å². The summed E-state index contributed by atoms with van der Waals surface area (Å²) in [6, 6.07) is 8.32. The van der Waals surface area contributed by atoms with Crippen molar-refractivity contribution < 1.29 is 4.42 Å². The van der Waals surface area contributed by atoms with Gasteiger partial charge in [0.05, 0.1) is 12.3 Å². The van der Waals surface area contributed by atoms with Gasteiger partial charge in [0.15, 0.2) is 0 Å². The van der Waals surface area contributed by atoms with Crippen LogP contribution in [0.25, 0.3) is 0 Å². The first kappa shape index (κ1) is 11.8. The van der Waals surface area contributed by atoms with E-state index in [1.807, 2.05) is 6.07 Å². The van der Waals surface area contributed by atoms with Crippen LogP contribution in [0.1, 0.15) is 16.4 Å². The summed E-state index contributed by atoms with van der Waals surface area (Å²) < 4.78 is 5.66. The van der Waals surface area contributed by atoms with Crippen molar-refractivity contribution in [3.63, 3.8) is 0 Å². The molecule has 0 saturated carbocycles. The quantitative estimate of drug-likeness (QED) is 0.853. The predicted molar refractivity (Wildman–Crippen MR) is 70.8 cm³/mol. The Balaban J connectivity index is 1.76. The zero-order valence-electron chi connectivity index (χ0n) is 9.23. The molecule has 0 spiro atoms. The van der Waals surface area contributed by atoms with Crippen molar-refractivity contribution in [3.8, 4) is 0 Å². The van der Waals surface area contributed by atoms with Crippen LogP contribution in [0.5, 0.6) is 0 Å². The number of nitrogens with one attached hydrogen (secondary N) is 1. The monoisotopic (exact) mass is 253 g/mol. The van der Waals surface area contributed by atoms with Gasteiger partial charge in [-0.15, -0.1) is 11.3 Å². The number of rotatable bonds is 6. The summed E-state index contributed by atoms with van der Waals surface area (Å²) in [5, 5.41) is 5.47. The second-order valence-electron chi connectivity index (χ2n) is 3.48. The van der Waals surface area contributed by atoms with E-state index >= 15 is 0 Å². The van der Waals surface area contributed by atoms with Gasteiger partial charge in [-0.3, -0.25) is 0 Å².